The van der Waals surface area contributed by atoms with Gasteiger partial charge in [-0.15, -0.1) is 0 Å². The normalized spacial score (nSPS) is 15.4. The van der Waals surface area contributed by atoms with Crippen LogP contribution in [0.4, 0.5) is 11.4 Å². The molecule has 32 heavy (non-hydrogen) atoms. The Bertz CT molecular complexity index is 1010. The topological polar surface area (TPSA) is 102 Å². The maximum absolute atomic E-state index is 12.4. The number of carbonyl (C=O) groups is 4. The number of nitrogens with zero attached hydrogens (tertiary/aromatic N) is 1. The Morgan fingerprint density at radius 2 is 1.88 bits per heavy atom. The average molecular weight is 459 g/mol. The number of anilines is 2. The number of halogens is 1. The molecule has 0 unspecified atom stereocenters. The van der Waals surface area contributed by atoms with Crippen molar-refractivity contribution in [1.29, 1.82) is 0 Å². The zero-order chi connectivity index (χ0) is 23.1. The van der Waals surface area contributed by atoms with Crippen LogP contribution in [0, 0.1) is 5.92 Å². The van der Waals surface area contributed by atoms with Crippen LogP contribution in [0.25, 0.3) is 0 Å². The minimum atomic E-state index is -0.685. The van der Waals surface area contributed by atoms with Crippen molar-refractivity contribution in [2.45, 2.75) is 19.8 Å². The first-order valence-corrected chi connectivity index (χ1v) is 10.5. The third-order valence-electron chi connectivity index (χ3n) is 4.76. The van der Waals surface area contributed by atoms with Gasteiger partial charge < -0.3 is 19.7 Å². The van der Waals surface area contributed by atoms with Gasteiger partial charge in [-0.1, -0.05) is 24.6 Å². The Labute approximate surface area is 190 Å². The summed E-state index contributed by atoms with van der Waals surface area (Å²) in [7, 11) is 0. The minimum Gasteiger partial charge on any atom is -0.462 e. The summed E-state index contributed by atoms with van der Waals surface area (Å²) < 4.78 is 10.2. The van der Waals surface area contributed by atoms with Crippen molar-refractivity contribution in [3.63, 3.8) is 0 Å². The highest BCUT2D eigenvalue weighted by atomic mass is 35.5. The zero-order valence-corrected chi connectivity index (χ0v) is 18.3. The molecule has 0 radical (unpaired) electrons. The minimum absolute atomic E-state index is 0.0188. The van der Waals surface area contributed by atoms with Gasteiger partial charge in [-0.2, -0.15) is 0 Å². The molecule has 2 amide bonds. The molecule has 0 spiro atoms. The number of rotatable bonds is 8. The smallest absolute Gasteiger partial charge is 0.338 e. The van der Waals surface area contributed by atoms with Crippen LogP contribution in [0.15, 0.2) is 48.5 Å². The molecule has 0 bridgehead atoms. The second-order valence-corrected chi connectivity index (χ2v) is 7.69. The molecule has 1 aliphatic rings. The van der Waals surface area contributed by atoms with E-state index in [9.17, 15) is 19.2 Å². The molecule has 0 aliphatic carbocycles. The van der Waals surface area contributed by atoms with Crippen LogP contribution in [0.2, 0.25) is 5.02 Å². The van der Waals surface area contributed by atoms with Crippen LogP contribution in [-0.2, 0) is 23.9 Å². The van der Waals surface area contributed by atoms with Gasteiger partial charge in [0.15, 0.2) is 6.61 Å². The lowest BCUT2D eigenvalue weighted by molar-refractivity contribution is -0.151. The number of ether oxygens (including phenoxy) is 2. The molecule has 0 aromatic heterocycles. The Hall–Kier alpha value is -3.39. The highest BCUT2D eigenvalue weighted by molar-refractivity contribution is 6.30. The van der Waals surface area contributed by atoms with Crippen molar-refractivity contribution in [2.24, 2.45) is 5.92 Å². The summed E-state index contributed by atoms with van der Waals surface area (Å²) in [6.07, 6.45) is 0.709. The SMILES string of the molecule is CCCOC(=O)c1ccc(N2C[C@@H](C(=O)OCC(=O)Nc3cccc(Cl)c3)CC2=O)cc1. The van der Waals surface area contributed by atoms with Crippen molar-refractivity contribution >= 4 is 46.7 Å². The molecule has 8 nitrogen and oxygen atoms in total. The number of nitrogens with one attached hydrogen (secondary N) is 1. The van der Waals surface area contributed by atoms with Crippen LogP contribution in [0.5, 0.6) is 0 Å². The molecule has 3 rings (SSSR count). The fraction of sp³-hybridized carbons (Fsp3) is 0.304. The first-order valence-electron chi connectivity index (χ1n) is 10.2. The number of hydrogen-bond acceptors (Lipinski definition) is 6. The summed E-state index contributed by atoms with van der Waals surface area (Å²) in [5.74, 6) is -2.48. The van der Waals surface area contributed by atoms with E-state index in [2.05, 4.69) is 5.32 Å². The number of amides is 2. The molecule has 1 N–H and O–H groups in total. The van der Waals surface area contributed by atoms with Gasteiger partial charge in [0.1, 0.15) is 0 Å². The predicted molar refractivity (Wildman–Crippen MR) is 119 cm³/mol. The monoisotopic (exact) mass is 458 g/mol. The van der Waals surface area contributed by atoms with E-state index in [1.165, 1.54) is 4.90 Å². The molecule has 168 valence electrons. The summed E-state index contributed by atoms with van der Waals surface area (Å²) in [4.78, 5) is 50.1. The third kappa shape index (κ3) is 6.07. The molecule has 1 aliphatic heterocycles. The van der Waals surface area contributed by atoms with Crippen molar-refractivity contribution in [3.05, 3.63) is 59.1 Å². The van der Waals surface area contributed by atoms with Gasteiger partial charge >= 0.3 is 11.9 Å². The van der Waals surface area contributed by atoms with Crippen molar-refractivity contribution in [2.75, 3.05) is 30.0 Å². The summed E-state index contributed by atoms with van der Waals surface area (Å²) in [5.41, 5.74) is 1.44. The standard InChI is InChI=1S/C23H23ClN2O6/c1-2-10-31-22(29)15-6-8-19(9-7-15)26-13-16(11-21(26)28)23(30)32-14-20(27)25-18-5-3-4-17(24)12-18/h3-9,12,16H,2,10-11,13-14H2,1H3,(H,25,27)/t16-/m0/s1. The van der Waals surface area contributed by atoms with E-state index in [0.717, 1.165) is 6.42 Å². The van der Waals surface area contributed by atoms with Crippen LogP contribution < -0.4 is 10.2 Å². The lowest BCUT2D eigenvalue weighted by atomic mass is 10.1. The summed E-state index contributed by atoms with van der Waals surface area (Å²) in [6, 6.07) is 13.0. The number of benzene rings is 2. The number of esters is 2. The van der Waals surface area contributed by atoms with E-state index in [-0.39, 0.29) is 18.9 Å². The largest absolute Gasteiger partial charge is 0.462 e. The first kappa shape index (κ1) is 23.3. The fourth-order valence-corrected chi connectivity index (χ4v) is 3.38. The van der Waals surface area contributed by atoms with Gasteiger partial charge in [0, 0.05) is 29.4 Å². The molecule has 1 heterocycles. The summed E-state index contributed by atoms with van der Waals surface area (Å²) >= 11 is 5.87. The quantitative estimate of drug-likeness (QED) is 0.608. The maximum atomic E-state index is 12.4. The summed E-state index contributed by atoms with van der Waals surface area (Å²) in [5, 5.41) is 3.05. The lowest BCUT2D eigenvalue weighted by Crippen LogP contribution is -2.28. The fourth-order valence-electron chi connectivity index (χ4n) is 3.19. The van der Waals surface area contributed by atoms with E-state index in [0.29, 0.717) is 28.6 Å². The van der Waals surface area contributed by atoms with E-state index in [1.807, 2.05) is 6.92 Å². The van der Waals surface area contributed by atoms with Crippen LogP contribution in [0.3, 0.4) is 0 Å². The number of carbonyl (C=O) groups excluding carboxylic acids is 4. The van der Waals surface area contributed by atoms with E-state index < -0.39 is 30.4 Å². The Balaban J connectivity index is 1.51. The Kier molecular flexibility index (Phi) is 7.83. The van der Waals surface area contributed by atoms with Gasteiger partial charge in [-0.3, -0.25) is 14.4 Å². The van der Waals surface area contributed by atoms with Crippen molar-refractivity contribution in [1.82, 2.24) is 0 Å². The second kappa shape index (κ2) is 10.8. The van der Waals surface area contributed by atoms with Crippen LogP contribution >= 0.6 is 11.6 Å². The van der Waals surface area contributed by atoms with Gasteiger partial charge in [0.05, 0.1) is 18.1 Å². The molecule has 1 fully saturated rings. The van der Waals surface area contributed by atoms with Gasteiger partial charge in [0.25, 0.3) is 5.91 Å². The van der Waals surface area contributed by atoms with Crippen molar-refractivity contribution in [3.8, 4) is 0 Å². The first-order chi connectivity index (χ1) is 15.4. The molecule has 0 saturated carbocycles. The van der Waals surface area contributed by atoms with Gasteiger partial charge in [-0.05, 0) is 48.9 Å². The molecular weight excluding hydrogens is 436 g/mol. The van der Waals surface area contributed by atoms with Gasteiger partial charge in [-0.25, -0.2) is 4.79 Å². The van der Waals surface area contributed by atoms with Crippen LogP contribution in [0.1, 0.15) is 30.1 Å². The van der Waals surface area contributed by atoms with Crippen LogP contribution in [-0.4, -0.2) is 43.5 Å². The lowest BCUT2D eigenvalue weighted by Gasteiger charge is -2.17. The molecule has 9 heteroatoms. The average Bonchev–Trinajstić information content (AvgIpc) is 3.17. The highest BCUT2D eigenvalue weighted by Gasteiger charge is 2.36. The molecule has 2 aromatic carbocycles. The number of hydrogen-bond donors (Lipinski definition) is 1. The predicted octanol–water partition coefficient (Wildman–Crippen LogP) is 3.44. The van der Waals surface area contributed by atoms with Gasteiger partial charge in [0.2, 0.25) is 5.91 Å². The van der Waals surface area contributed by atoms with E-state index >= 15 is 0 Å². The van der Waals surface area contributed by atoms with E-state index in [1.54, 1.807) is 48.5 Å². The van der Waals surface area contributed by atoms with Crippen molar-refractivity contribution < 1.29 is 28.7 Å². The van der Waals surface area contributed by atoms with E-state index in [4.69, 9.17) is 21.1 Å². The highest BCUT2D eigenvalue weighted by Crippen LogP contribution is 2.26. The Morgan fingerprint density at radius 1 is 1.12 bits per heavy atom. The second-order valence-electron chi connectivity index (χ2n) is 7.25. The zero-order valence-electron chi connectivity index (χ0n) is 17.5. The maximum Gasteiger partial charge on any atom is 0.338 e. The third-order valence-corrected chi connectivity index (χ3v) is 5.00. The molecule has 2 aromatic rings. The molecular formula is C23H23ClN2O6. The summed E-state index contributed by atoms with van der Waals surface area (Å²) in [6.45, 7) is 1.91. The molecule has 1 saturated heterocycles. The molecule has 1 atom stereocenters. The Morgan fingerprint density at radius 3 is 2.56 bits per heavy atom.